The molecule has 3 atom stereocenters. The van der Waals surface area contributed by atoms with Crippen molar-refractivity contribution in [3.05, 3.63) is 0 Å². The number of hydrogen-bond donors (Lipinski definition) is 4. The Labute approximate surface area is 167 Å². The lowest BCUT2D eigenvalue weighted by Gasteiger charge is -2.23. The number of amides is 2. The maximum Gasteiger partial charge on any atom is 0.328 e. The molecule has 0 unspecified atom stereocenters. The average molecular weight is 418 g/mol. The molecule has 0 aliphatic carbocycles. The number of carboxylic acids is 1. The first-order valence-corrected chi connectivity index (χ1v) is 13.2. The molecule has 0 heterocycles. The number of rotatable bonds is 12. The van der Waals surface area contributed by atoms with Crippen molar-refractivity contribution >= 4 is 31.8 Å². The summed E-state index contributed by atoms with van der Waals surface area (Å²) in [5.74, 6) is -2.94. The summed E-state index contributed by atoms with van der Waals surface area (Å²) in [7, 11) is -1.40. The Kier molecular flexibility index (Phi) is 11.0. The van der Waals surface area contributed by atoms with Crippen LogP contribution in [0.1, 0.15) is 33.6 Å². The Morgan fingerprint density at radius 1 is 1.04 bits per heavy atom. The van der Waals surface area contributed by atoms with Gasteiger partial charge in [-0.05, 0) is 25.3 Å². The molecule has 162 valence electrons. The fourth-order valence-corrected chi connectivity index (χ4v) is 2.76. The van der Waals surface area contributed by atoms with Crippen LogP contribution in [-0.2, 0) is 23.9 Å². The summed E-state index contributed by atoms with van der Waals surface area (Å²) in [6.07, 6.45) is -0.397. The van der Waals surface area contributed by atoms with Gasteiger partial charge in [0.2, 0.25) is 11.8 Å². The van der Waals surface area contributed by atoms with Gasteiger partial charge >= 0.3 is 11.9 Å². The quantitative estimate of drug-likeness (QED) is 0.270. The van der Waals surface area contributed by atoms with E-state index in [2.05, 4.69) is 30.3 Å². The van der Waals surface area contributed by atoms with Gasteiger partial charge in [0, 0.05) is 14.5 Å². The Hall–Kier alpha value is -1.94. The number of nitrogens with one attached hydrogen (secondary N) is 2. The highest BCUT2D eigenvalue weighted by molar-refractivity contribution is 6.76. The second kappa shape index (κ2) is 11.8. The fraction of sp³-hybridized carbons (Fsp3) is 0.778. The van der Waals surface area contributed by atoms with Crippen LogP contribution in [0.2, 0.25) is 25.7 Å². The lowest BCUT2D eigenvalue weighted by molar-refractivity contribution is -0.148. The number of ether oxygens (including phenoxy) is 1. The van der Waals surface area contributed by atoms with Crippen molar-refractivity contribution in [2.24, 2.45) is 11.7 Å². The van der Waals surface area contributed by atoms with Crippen LogP contribution in [0.25, 0.3) is 0 Å². The van der Waals surface area contributed by atoms with E-state index in [0.717, 1.165) is 6.04 Å². The molecule has 0 bridgehead atoms. The summed E-state index contributed by atoms with van der Waals surface area (Å²) in [6, 6.07) is -2.02. The number of hydrogen-bond acceptors (Lipinski definition) is 6. The van der Waals surface area contributed by atoms with Crippen LogP contribution in [0.3, 0.4) is 0 Å². The molecule has 0 aliphatic heterocycles. The largest absolute Gasteiger partial charge is 0.481 e. The Bertz CT molecular complexity index is 562. The summed E-state index contributed by atoms with van der Waals surface area (Å²) < 4.78 is 5.22. The molecule has 0 aromatic carbocycles. The molecule has 0 aliphatic rings. The number of esters is 1. The topological polar surface area (TPSA) is 148 Å². The number of carbonyl (C=O) groups is 4. The van der Waals surface area contributed by atoms with E-state index in [1.807, 2.05) is 0 Å². The lowest BCUT2D eigenvalue weighted by atomic mass is 10.0. The summed E-state index contributed by atoms with van der Waals surface area (Å²) in [6.45, 7) is 11.7. The van der Waals surface area contributed by atoms with Crippen LogP contribution in [0, 0.1) is 5.92 Å². The Balaban J connectivity index is 4.87. The third-order valence-electron chi connectivity index (χ3n) is 4.12. The maximum atomic E-state index is 12.3. The molecule has 0 saturated heterocycles. The molecule has 0 fully saturated rings. The van der Waals surface area contributed by atoms with Crippen LogP contribution < -0.4 is 16.4 Å². The minimum absolute atomic E-state index is 0.0973. The number of carboxylic acid groups (broad SMARTS) is 1. The molecule has 5 N–H and O–H groups in total. The Morgan fingerprint density at radius 3 is 2.07 bits per heavy atom. The maximum absolute atomic E-state index is 12.3. The van der Waals surface area contributed by atoms with E-state index >= 15 is 0 Å². The molecule has 0 aromatic rings. The van der Waals surface area contributed by atoms with Gasteiger partial charge in [0.05, 0.1) is 12.6 Å². The van der Waals surface area contributed by atoms with Crippen LogP contribution in [0.5, 0.6) is 0 Å². The predicted molar refractivity (Wildman–Crippen MR) is 108 cm³/mol. The van der Waals surface area contributed by atoms with Crippen molar-refractivity contribution in [2.45, 2.75) is 77.4 Å². The highest BCUT2D eigenvalue weighted by Crippen LogP contribution is 2.09. The third-order valence-corrected chi connectivity index (χ3v) is 5.82. The van der Waals surface area contributed by atoms with Gasteiger partial charge in [-0.25, -0.2) is 4.79 Å². The summed E-state index contributed by atoms with van der Waals surface area (Å²) in [4.78, 5) is 47.5. The zero-order chi connectivity index (χ0) is 22.1. The highest BCUT2D eigenvalue weighted by atomic mass is 28.3. The van der Waals surface area contributed by atoms with E-state index < -0.39 is 50.0 Å². The SMILES string of the molecule is CC(C)[C@H](N)C(=O)N[C@@H](C)C(=O)N[C@@H](CCC(=O)O)C(=O)OCC[Si](C)(C)C. The van der Waals surface area contributed by atoms with Gasteiger partial charge in [-0.2, -0.15) is 0 Å². The zero-order valence-corrected chi connectivity index (χ0v) is 18.7. The van der Waals surface area contributed by atoms with Gasteiger partial charge < -0.3 is 26.2 Å². The first-order chi connectivity index (χ1) is 12.7. The van der Waals surface area contributed by atoms with E-state index in [4.69, 9.17) is 15.6 Å². The van der Waals surface area contributed by atoms with Crippen molar-refractivity contribution in [1.29, 1.82) is 0 Å². The van der Waals surface area contributed by atoms with Crippen molar-refractivity contribution < 1.29 is 29.0 Å². The van der Waals surface area contributed by atoms with Gasteiger partial charge in [0.1, 0.15) is 12.1 Å². The zero-order valence-electron chi connectivity index (χ0n) is 17.7. The van der Waals surface area contributed by atoms with Gasteiger partial charge in [-0.15, -0.1) is 0 Å². The van der Waals surface area contributed by atoms with Gasteiger partial charge in [-0.1, -0.05) is 33.5 Å². The smallest absolute Gasteiger partial charge is 0.328 e. The van der Waals surface area contributed by atoms with E-state index in [1.165, 1.54) is 6.92 Å². The van der Waals surface area contributed by atoms with E-state index in [9.17, 15) is 19.2 Å². The normalized spacial score (nSPS) is 14.7. The highest BCUT2D eigenvalue weighted by Gasteiger charge is 2.28. The lowest BCUT2D eigenvalue weighted by Crippen LogP contribution is -2.54. The fourth-order valence-electron chi connectivity index (χ4n) is 2.05. The third kappa shape index (κ3) is 11.0. The van der Waals surface area contributed by atoms with Gasteiger partial charge in [0.15, 0.2) is 0 Å². The van der Waals surface area contributed by atoms with Crippen molar-refractivity contribution in [1.82, 2.24) is 10.6 Å². The van der Waals surface area contributed by atoms with Crippen LogP contribution in [-0.4, -0.2) is 61.7 Å². The van der Waals surface area contributed by atoms with E-state index in [0.29, 0.717) is 0 Å². The van der Waals surface area contributed by atoms with E-state index in [1.54, 1.807) is 13.8 Å². The predicted octanol–water partition coefficient (Wildman–Crippen LogP) is 0.705. The standard InChI is InChI=1S/C18H35N3O6Si/c1-11(2)15(19)17(25)20-12(3)16(24)21-13(7-8-14(22)23)18(26)27-9-10-28(4,5)6/h11-13,15H,7-10,19H2,1-6H3,(H,20,25)(H,21,24)(H,22,23)/t12-,13-,15-/m0/s1. The van der Waals surface area contributed by atoms with Crippen molar-refractivity contribution in [2.75, 3.05) is 6.61 Å². The molecular weight excluding hydrogens is 382 g/mol. The molecule has 0 rings (SSSR count). The van der Waals surface area contributed by atoms with Gasteiger partial charge in [-0.3, -0.25) is 14.4 Å². The minimum Gasteiger partial charge on any atom is -0.481 e. The molecule has 0 saturated carbocycles. The molecular formula is C18H35N3O6Si. The Morgan fingerprint density at radius 2 is 1.61 bits per heavy atom. The molecule has 0 spiro atoms. The molecule has 2 amide bonds. The molecule has 0 aromatic heterocycles. The first kappa shape index (κ1) is 26.1. The van der Waals surface area contributed by atoms with E-state index in [-0.39, 0.29) is 25.4 Å². The van der Waals surface area contributed by atoms with Crippen molar-refractivity contribution in [3.63, 3.8) is 0 Å². The molecule has 9 nitrogen and oxygen atoms in total. The summed E-state index contributed by atoms with van der Waals surface area (Å²) in [5, 5.41) is 13.8. The molecule has 28 heavy (non-hydrogen) atoms. The number of nitrogens with two attached hydrogens (primary N) is 1. The molecule has 0 radical (unpaired) electrons. The monoisotopic (exact) mass is 417 g/mol. The summed E-state index contributed by atoms with van der Waals surface area (Å²) in [5.41, 5.74) is 5.75. The van der Waals surface area contributed by atoms with Crippen LogP contribution >= 0.6 is 0 Å². The first-order valence-electron chi connectivity index (χ1n) is 9.49. The number of aliphatic carboxylic acids is 1. The minimum atomic E-state index is -1.40. The van der Waals surface area contributed by atoms with Gasteiger partial charge in [0.25, 0.3) is 0 Å². The van der Waals surface area contributed by atoms with Crippen LogP contribution in [0.15, 0.2) is 0 Å². The second-order valence-electron chi connectivity index (χ2n) is 8.47. The summed E-state index contributed by atoms with van der Waals surface area (Å²) >= 11 is 0. The number of carbonyl (C=O) groups excluding carboxylic acids is 3. The van der Waals surface area contributed by atoms with Crippen molar-refractivity contribution in [3.8, 4) is 0 Å². The van der Waals surface area contributed by atoms with Crippen LogP contribution in [0.4, 0.5) is 0 Å². The molecule has 10 heteroatoms. The average Bonchev–Trinajstić information content (AvgIpc) is 2.55. The second-order valence-corrected chi connectivity index (χ2v) is 14.1.